The summed E-state index contributed by atoms with van der Waals surface area (Å²) >= 11 is 3.12. The topological polar surface area (TPSA) is 46.2 Å². The van der Waals surface area contributed by atoms with E-state index >= 15 is 0 Å². The first-order chi connectivity index (χ1) is 5.65. The first-order valence-corrected chi connectivity index (χ1v) is 4.26. The van der Waals surface area contributed by atoms with Crippen molar-refractivity contribution in [3.63, 3.8) is 0 Å². The molecule has 0 radical (unpaired) electrons. The van der Waals surface area contributed by atoms with Gasteiger partial charge in [0, 0.05) is 10.0 Å². The van der Waals surface area contributed by atoms with Crippen LogP contribution in [0.15, 0.2) is 22.7 Å². The number of nitrogens with two attached hydrogens (primary N) is 1. The molecule has 0 aromatic heterocycles. The van der Waals surface area contributed by atoms with Crippen LogP contribution in [0.5, 0.6) is 0 Å². The normalized spacial score (nSPS) is 13.0. The predicted octanol–water partition coefficient (Wildman–Crippen LogP) is 1.58. The maximum absolute atomic E-state index is 13.1. The van der Waals surface area contributed by atoms with Crippen LogP contribution in [-0.2, 0) is 0 Å². The Kier molecular flexibility index (Phi) is 3.20. The second-order valence-corrected chi connectivity index (χ2v) is 3.37. The van der Waals surface area contributed by atoms with Crippen molar-refractivity contribution in [3.8, 4) is 0 Å². The quantitative estimate of drug-likeness (QED) is 0.815. The van der Waals surface area contributed by atoms with Crippen LogP contribution in [0.25, 0.3) is 0 Å². The highest BCUT2D eigenvalue weighted by Gasteiger charge is 2.09. The number of rotatable bonds is 2. The summed E-state index contributed by atoms with van der Waals surface area (Å²) in [5, 5.41) is 8.68. The molecule has 1 rings (SSSR count). The van der Waals surface area contributed by atoms with Crippen molar-refractivity contribution in [1.29, 1.82) is 0 Å². The molecule has 0 unspecified atom stereocenters. The molecule has 0 saturated carbocycles. The van der Waals surface area contributed by atoms with Gasteiger partial charge in [-0.15, -0.1) is 0 Å². The fourth-order valence-corrected chi connectivity index (χ4v) is 1.23. The molecule has 1 aromatic rings. The Balaban J connectivity index is 3.01. The molecule has 0 bridgehead atoms. The van der Waals surface area contributed by atoms with Crippen molar-refractivity contribution in [2.24, 2.45) is 5.73 Å². The molecule has 4 heteroatoms. The van der Waals surface area contributed by atoms with Gasteiger partial charge >= 0.3 is 0 Å². The molecular weight excluding hydrogens is 225 g/mol. The maximum atomic E-state index is 13.1. The zero-order chi connectivity index (χ0) is 9.14. The van der Waals surface area contributed by atoms with E-state index < -0.39 is 11.9 Å². The molecular formula is C8H9BrFNO. The van der Waals surface area contributed by atoms with Crippen LogP contribution in [0.3, 0.4) is 0 Å². The summed E-state index contributed by atoms with van der Waals surface area (Å²) in [4.78, 5) is 0. The Morgan fingerprint density at radius 3 is 2.75 bits per heavy atom. The van der Waals surface area contributed by atoms with Crippen molar-refractivity contribution >= 4 is 15.9 Å². The van der Waals surface area contributed by atoms with Gasteiger partial charge in [0.15, 0.2) is 0 Å². The number of hydrogen-bond donors (Lipinski definition) is 2. The number of aliphatic hydroxyl groups excluding tert-OH is 1. The molecule has 0 aliphatic rings. The molecule has 0 aliphatic heterocycles. The van der Waals surface area contributed by atoms with E-state index in [1.165, 1.54) is 6.07 Å². The molecule has 3 N–H and O–H groups in total. The van der Waals surface area contributed by atoms with Crippen LogP contribution in [0.1, 0.15) is 11.6 Å². The smallest absolute Gasteiger partial charge is 0.129 e. The summed E-state index contributed by atoms with van der Waals surface area (Å²) in [5.74, 6) is -0.397. The zero-order valence-corrected chi connectivity index (χ0v) is 7.88. The highest BCUT2D eigenvalue weighted by atomic mass is 79.9. The number of aliphatic hydroxyl groups is 1. The minimum Gasteiger partial charge on any atom is -0.394 e. The van der Waals surface area contributed by atoms with Gasteiger partial charge in [0.05, 0.1) is 12.6 Å². The van der Waals surface area contributed by atoms with Crippen LogP contribution in [0.4, 0.5) is 4.39 Å². The second-order valence-electron chi connectivity index (χ2n) is 2.45. The van der Waals surface area contributed by atoms with Crippen LogP contribution >= 0.6 is 15.9 Å². The Bertz CT molecular complexity index is 280. The minimum atomic E-state index is -0.641. The lowest BCUT2D eigenvalue weighted by molar-refractivity contribution is 0.265. The molecule has 0 fully saturated rings. The first kappa shape index (κ1) is 9.64. The number of halogens is 2. The summed E-state index contributed by atoms with van der Waals surface area (Å²) in [6, 6.07) is 3.93. The van der Waals surface area contributed by atoms with Gasteiger partial charge < -0.3 is 10.8 Å². The summed E-state index contributed by atoms with van der Waals surface area (Å²) in [6.07, 6.45) is 0. The SMILES string of the molecule is N[C@@H](CO)c1ccc(Br)cc1F. The summed E-state index contributed by atoms with van der Waals surface area (Å²) in [5.41, 5.74) is 5.77. The molecule has 1 aromatic carbocycles. The van der Waals surface area contributed by atoms with Crippen LogP contribution in [0.2, 0.25) is 0 Å². The molecule has 66 valence electrons. The predicted molar refractivity (Wildman–Crippen MR) is 48.1 cm³/mol. The van der Waals surface area contributed by atoms with Crippen molar-refractivity contribution < 1.29 is 9.50 Å². The lowest BCUT2D eigenvalue weighted by Crippen LogP contribution is -2.15. The molecule has 0 aliphatic carbocycles. The summed E-state index contributed by atoms with van der Waals surface area (Å²) < 4.78 is 13.7. The van der Waals surface area contributed by atoms with E-state index in [0.29, 0.717) is 10.0 Å². The second kappa shape index (κ2) is 3.98. The van der Waals surface area contributed by atoms with Crippen molar-refractivity contribution in [3.05, 3.63) is 34.1 Å². The van der Waals surface area contributed by atoms with Crippen molar-refractivity contribution in [2.75, 3.05) is 6.61 Å². The zero-order valence-electron chi connectivity index (χ0n) is 6.30. The third-order valence-electron chi connectivity index (χ3n) is 1.56. The maximum Gasteiger partial charge on any atom is 0.129 e. The average molecular weight is 234 g/mol. The Hall–Kier alpha value is -0.450. The van der Waals surface area contributed by atoms with Gasteiger partial charge in [-0.3, -0.25) is 0 Å². The van der Waals surface area contributed by atoms with Crippen molar-refractivity contribution in [2.45, 2.75) is 6.04 Å². The van der Waals surface area contributed by atoms with Gasteiger partial charge in [0.25, 0.3) is 0 Å². The molecule has 2 nitrogen and oxygen atoms in total. The molecule has 1 atom stereocenters. The molecule has 0 spiro atoms. The van der Waals surface area contributed by atoms with E-state index in [0.717, 1.165) is 0 Å². The van der Waals surface area contributed by atoms with Crippen LogP contribution < -0.4 is 5.73 Å². The van der Waals surface area contributed by atoms with Gasteiger partial charge in [0.1, 0.15) is 5.82 Å². The van der Waals surface area contributed by atoms with E-state index in [2.05, 4.69) is 15.9 Å². The fourth-order valence-electron chi connectivity index (χ4n) is 0.901. The van der Waals surface area contributed by atoms with Gasteiger partial charge in [-0.2, -0.15) is 0 Å². The lowest BCUT2D eigenvalue weighted by Gasteiger charge is -2.09. The molecule has 0 heterocycles. The van der Waals surface area contributed by atoms with E-state index in [9.17, 15) is 4.39 Å². The van der Waals surface area contributed by atoms with Gasteiger partial charge in [0.2, 0.25) is 0 Å². The molecule has 0 saturated heterocycles. The summed E-state index contributed by atoms with van der Waals surface area (Å²) in [7, 11) is 0. The Labute approximate surface area is 78.3 Å². The van der Waals surface area contributed by atoms with E-state index in [1.54, 1.807) is 12.1 Å². The van der Waals surface area contributed by atoms with Crippen LogP contribution in [-0.4, -0.2) is 11.7 Å². The van der Waals surface area contributed by atoms with Crippen molar-refractivity contribution in [1.82, 2.24) is 0 Å². The minimum absolute atomic E-state index is 0.251. The first-order valence-electron chi connectivity index (χ1n) is 3.46. The van der Waals surface area contributed by atoms with Gasteiger partial charge in [-0.25, -0.2) is 4.39 Å². The average Bonchev–Trinajstić information content (AvgIpc) is 2.03. The molecule has 12 heavy (non-hydrogen) atoms. The molecule has 0 amide bonds. The van der Waals surface area contributed by atoms with E-state index in [1.807, 2.05) is 0 Å². The monoisotopic (exact) mass is 233 g/mol. The summed E-state index contributed by atoms with van der Waals surface area (Å²) in [6.45, 7) is -0.251. The Morgan fingerprint density at radius 2 is 2.25 bits per heavy atom. The third-order valence-corrected chi connectivity index (χ3v) is 2.05. The fraction of sp³-hybridized carbons (Fsp3) is 0.250. The largest absolute Gasteiger partial charge is 0.394 e. The number of hydrogen-bond acceptors (Lipinski definition) is 2. The van der Waals surface area contributed by atoms with E-state index in [-0.39, 0.29) is 6.61 Å². The highest BCUT2D eigenvalue weighted by molar-refractivity contribution is 9.10. The lowest BCUT2D eigenvalue weighted by atomic mass is 10.1. The Morgan fingerprint density at radius 1 is 1.58 bits per heavy atom. The van der Waals surface area contributed by atoms with Crippen LogP contribution in [0, 0.1) is 5.82 Å². The number of benzene rings is 1. The van der Waals surface area contributed by atoms with Gasteiger partial charge in [-0.1, -0.05) is 22.0 Å². The standard InChI is InChI=1S/C8H9BrFNO/c9-5-1-2-6(7(10)3-5)8(11)4-12/h1-3,8,12H,4,11H2/t8-/m0/s1. The van der Waals surface area contributed by atoms with Gasteiger partial charge in [-0.05, 0) is 12.1 Å². The highest BCUT2D eigenvalue weighted by Crippen LogP contribution is 2.19. The van der Waals surface area contributed by atoms with E-state index in [4.69, 9.17) is 10.8 Å². The third kappa shape index (κ3) is 2.03.